The number of hydrogen-bond donors (Lipinski definition) is 2. The van der Waals surface area contributed by atoms with Crippen LogP contribution in [0.25, 0.3) is 5.69 Å². The highest BCUT2D eigenvalue weighted by molar-refractivity contribution is 7.99. The van der Waals surface area contributed by atoms with E-state index in [1.807, 2.05) is 28.8 Å². The highest BCUT2D eigenvalue weighted by atomic mass is 32.2. The van der Waals surface area contributed by atoms with Crippen LogP contribution in [0.4, 0.5) is 5.69 Å². The molecule has 0 unspecified atom stereocenters. The second kappa shape index (κ2) is 10.3. The number of carbonyl (C=O) groups excluding carboxylic acids is 2. The number of anilines is 1. The van der Waals surface area contributed by atoms with Crippen molar-refractivity contribution >= 4 is 29.3 Å². The summed E-state index contributed by atoms with van der Waals surface area (Å²) < 4.78 is 1.82. The van der Waals surface area contributed by atoms with Gasteiger partial charge in [-0.2, -0.15) is 0 Å². The van der Waals surface area contributed by atoms with E-state index in [-0.39, 0.29) is 11.8 Å². The third-order valence-electron chi connectivity index (χ3n) is 4.76. The highest BCUT2D eigenvalue weighted by Gasteiger charge is 2.16. The van der Waals surface area contributed by atoms with Crippen LogP contribution >= 0.6 is 11.8 Å². The number of hydrogen-bond acceptors (Lipinski definition) is 5. The lowest BCUT2D eigenvalue weighted by molar-refractivity contribution is -0.119. The van der Waals surface area contributed by atoms with E-state index < -0.39 is 0 Å². The summed E-state index contributed by atoms with van der Waals surface area (Å²) in [4.78, 5) is 23.7. The van der Waals surface area contributed by atoms with Crippen molar-refractivity contribution in [1.29, 1.82) is 0 Å². The lowest BCUT2D eigenvalue weighted by Crippen LogP contribution is -2.36. The molecule has 0 spiro atoms. The Morgan fingerprint density at radius 2 is 1.93 bits per heavy atom. The third-order valence-corrected chi connectivity index (χ3v) is 5.71. The minimum Gasteiger partial charge on any atom is -0.353 e. The standard InChI is InChI=1S/C20H27N5O2S/c1-15(26)22-17-10-7-11-18(12-17)25-14-21-24-20(25)28-13-19(27)23-16-8-5-3-2-4-6-9-16/h7,10-12,14,16H,2-6,8-9,13H2,1H3,(H,22,26)(H,23,27). The third kappa shape index (κ3) is 6.09. The molecule has 3 rings (SSSR count). The SMILES string of the molecule is CC(=O)Nc1cccc(-n2cnnc2SCC(=O)NC2CCCCCCC2)c1. The number of benzene rings is 1. The zero-order chi connectivity index (χ0) is 19.8. The first-order valence-electron chi connectivity index (χ1n) is 9.82. The Hall–Kier alpha value is -2.35. The van der Waals surface area contributed by atoms with Crippen molar-refractivity contribution in [2.75, 3.05) is 11.1 Å². The van der Waals surface area contributed by atoms with E-state index in [2.05, 4.69) is 20.8 Å². The van der Waals surface area contributed by atoms with Gasteiger partial charge in [-0.3, -0.25) is 14.2 Å². The molecule has 1 aromatic heterocycles. The molecule has 1 heterocycles. The van der Waals surface area contributed by atoms with Crippen LogP contribution in [0.2, 0.25) is 0 Å². The van der Waals surface area contributed by atoms with Gasteiger partial charge >= 0.3 is 0 Å². The van der Waals surface area contributed by atoms with Gasteiger partial charge in [-0.15, -0.1) is 10.2 Å². The largest absolute Gasteiger partial charge is 0.353 e. The lowest BCUT2D eigenvalue weighted by Gasteiger charge is -2.20. The number of nitrogens with zero attached hydrogens (tertiary/aromatic N) is 3. The van der Waals surface area contributed by atoms with Crippen molar-refractivity contribution in [1.82, 2.24) is 20.1 Å². The minimum atomic E-state index is -0.124. The molecule has 1 aliphatic carbocycles. The molecule has 0 atom stereocenters. The summed E-state index contributed by atoms with van der Waals surface area (Å²) in [6, 6.07) is 7.73. The van der Waals surface area contributed by atoms with Crippen LogP contribution in [0.1, 0.15) is 51.9 Å². The van der Waals surface area contributed by atoms with Gasteiger partial charge in [0.2, 0.25) is 11.8 Å². The summed E-state index contributed by atoms with van der Waals surface area (Å²) in [5.74, 6) is 0.221. The molecular formula is C20H27N5O2S. The molecule has 0 aliphatic heterocycles. The summed E-state index contributed by atoms with van der Waals surface area (Å²) in [5.41, 5.74) is 1.54. The fourth-order valence-electron chi connectivity index (χ4n) is 3.44. The monoisotopic (exact) mass is 401 g/mol. The van der Waals surface area contributed by atoms with E-state index in [1.165, 1.54) is 50.8 Å². The number of carbonyl (C=O) groups is 2. The molecule has 1 aliphatic rings. The van der Waals surface area contributed by atoms with Crippen LogP contribution in [-0.4, -0.2) is 38.4 Å². The Kier molecular flexibility index (Phi) is 7.47. The molecule has 2 amide bonds. The summed E-state index contributed by atoms with van der Waals surface area (Å²) in [5, 5.41) is 14.7. The Morgan fingerprint density at radius 3 is 2.68 bits per heavy atom. The van der Waals surface area contributed by atoms with Gasteiger partial charge in [0.15, 0.2) is 5.16 Å². The predicted octanol–water partition coefficient (Wildman–Crippen LogP) is 3.55. The van der Waals surface area contributed by atoms with Gasteiger partial charge in [-0.25, -0.2) is 0 Å². The Balaban J connectivity index is 1.58. The first-order chi connectivity index (χ1) is 13.6. The number of nitrogens with one attached hydrogen (secondary N) is 2. The van der Waals surface area contributed by atoms with Crippen LogP contribution in [0.15, 0.2) is 35.7 Å². The zero-order valence-corrected chi connectivity index (χ0v) is 17.0. The molecule has 0 saturated heterocycles. The summed E-state index contributed by atoms with van der Waals surface area (Å²) in [6.45, 7) is 1.47. The first-order valence-corrected chi connectivity index (χ1v) is 10.8. The molecule has 7 nitrogen and oxygen atoms in total. The van der Waals surface area contributed by atoms with E-state index in [1.54, 1.807) is 6.33 Å². The number of rotatable bonds is 6. The van der Waals surface area contributed by atoms with Gasteiger partial charge in [0.25, 0.3) is 0 Å². The Morgan fingerprint density at radius 1 is 1.18 bits per heavy atom. The minimum absolute atomic E-state index is 0.0390. The quantitative estimate of drug-likeness (QED) is 0.723. The van der Waals surface area contributed by atoms with Gasteiger partial charge in [0.1, 0.15) is 6.33 Å². The van der Waals surface area contributed by atoms with Crippen LogP contribution in [0.3, 0.4) is 0 Å². The normalized spacial score (nSPS) is 15.5. The molecular weight excluding hydrogens is 374 g/mol. The van der Waals surface area contributed by atoms with Gasteiger partial charge < -0.3 is 10.6 Å². The summed E-state index contributed by atoms with van der Waals surface area (Å²) >= 11 is 1.36. The van der Waals surface area contributed by atoms with E-state index >= 15 is 0 Å². The van der Waals surface area contributed by atoms with Crippen LogP contribution in [-0.2, 0) is 9.59 Å². The molecule has 0 radical (unpaired) electrons. The van der Waals surface area contributed by atoms with Crippen molar-refractivity contribution in [3.63, 3.8) is 0 Å². The molecule has 28 heavy (non-hydrogen) atoms. The van der Waals surface area contributed by atoms with Gasteiger partial charge in [0, 0.05) is 18.7 Å². The van der Waals surface area contributed by atoms with Crippen LogP contribution in [0.5, 0.6) is 0 Å². The smallest absolute Gasteiger partial charge is 0.230 e. The topological polar surface area (TPSA) is 88.9 Å². The van der Waals surface area contributed by atoms with Crippen molar-refractivity contribution < 1.29 is 9.59 Å². The van der Waals surface area contributed by atoms with Crippen LogP contribution in [0, 0.1) is 0 Å². The first kappa shape index (κ1) is 20.4. The molecule has 1 aromatic carbocycles. The fourth-order valence-corrected chi connectivity index (χ4v) is 4.18. The molecule has 150 valence electrons. The Bertz CT molecular complexity index is 799. The van der Waals surface area contributed by atoms with Crippen LogP contribution < -0.4 is 10.6 Å². The van der Waals surface area contributed by atoms with E-state index in [0.29, 0.717) is 22.6 Å². The van der Waals surface area contributed by atoms with E-state index in [4.69, 9.17) is 0 Å². The zero-order valence-electron chi connectivity index (χ0n) is 16.2. The molecule has 1 fully saturated rings. The summed E-state index contributed by atoms with van der Waals surface area (Å²) in [7, 11) is 0. The predicted molar refractivity (Wildman–Crippen MR) is 111 cm³/mol. The van der Waals surface area contributed by atoms with Gasteiger partial charge in [-0.05, 0) is 31.0 Å². The van der Waals surface area contributed by atoms with E-state index in [0.717, 1.165) is 18.5 Å². The van der Waals surface area contributed by atoms with Crippen molar-refractivity contribution in [2.24, 2.45) is 0 Å². The molecule has 0 bridgehead atoms. The van der Waals surface area contributed by atoms with Crippen molar-refractivity contribution in [3.8, 4) is 5.69 Å². The maximum atomic E-state index is 12.4. The number of amides is 2. The second-order valence-electron chi connectivity index (χ2n) is 7.11. The summed E-state index contributed by atoms with van der Waals surface area (Å²) in [6.07, 6.45) is 9.99. The highest BCUT2D eigenvalue weighted by Crippen LogP contribution is 2.22. The van der Waals surface area contributed by atoms with E-state index in [9.17, 15) is 9.59 Å². The van der Waals surface area contributed by atoms with Gasteiger partial charge in [-0.1, -0.05) is 49.9 Å². The molecule has 8 heteroatoms. The fraction of sp³-hybridized carbons (Fsp3) is 0.500. The lowest BCUT2D eigenvalue weighted by atomic mass is 9.97. The van der Waals surface area contributed by atoms with Gasteiger partial charge in [0.05, 0.1) is 11.4 Å². The average molecular weight is 402 g/mol. The molecule has 2 N–H and O–H groups in total. The Labute approximate surface area is 169 Å². The molecule has 1 saturated carbocycles. The maximum Gasteiger partial charge on any atom is 0.230 e. The number of thioether (sulfide) groups is 1. The van der Waals surface area contributed by atoms with Crippen molar-refractivity contribution in [2.45, 2.75) is 63.1 Å². The van der Waals surface area contributed by atoms with Crippen molar-refractivity contribution in [3.05, 3.63) is 30.6 Å². The maximum absolute atomic E-state index is 12.4. The second-order valence-corrected chi connectivity index (χ2v) is 8.06. The molecule has 2 aromatic rings. The number of aromatic nitrogens is 3. The average Bonchev–Trinajstić information content (AvgIpc) is 3.10.